The molecular weight excluding hydrogens is 200 g/mol. The van der Waals surface area contributed by atoms with Crippen molar-refractivity contribution in [2.45, 2.75) is 26.3 Å². The van der Waals surface area contributed by atoms with Crippen LogP contribution in [0.15, 0.2) is 0 Å². The molecule has 0 radical (unpaired) electrons. The Morgan fingerprint density at radius 2 is 2.43 bits per heavy atom. The number of rotatable bonds is 3. The molecule has 0 bridgehead atoms. The topological polar surface area (TPSA) is 55.6 Å². The van der Waals surface area contributed by atoms with Crippen LogP contribution in [-0.2, 0) is 9.53 Å². The maximum absolute atomic E-state index is 11.5. The van der Waals surface area contributed by atoms with Gasteiger partial charge in [0.25, 0.3) is 0 Å². The Kier molecular flexibility index (Phi) is 3.83. The van der Waals surface area contributed by atoms with Crippen LogP contribution >= 0.6 is 12.2 Å². The maximum atomic E-state index is 11.5. The van der Waals surface area contributed by atoms with Crippen molar-refractivity contribution in [1.82, 2.24) is 4.90 Å². The fraction of sp³-hybridized carbons (Fsp3) is 0.778. The average molecular weight is 216 g/mol. The van der Waals surface area contributed by atoms with E-state index in [0.717, 1.165) is 6.42 Å². The van der Waals surface area contributed by atoms with Gasteiger partial charge in [-0.25, -0.2) is 0 Å². The van der Waals surface area contributed by atoms with Crippen LogP contribution in [0.2, 0.25) is 0 Å². The summed E-state index contributed by atoms with van der Waals surface area (Å²) in [4.78, 5) is 14.0. The molecule has 1 heterocycles. The van der Waals surface area contributed by atoms with Crippen LogP contribution in [0, 0.1) is 5.92 Å². The summed E-state index contributed by atoms with van der Waals surface area (Å²) >= 11 is 5.17. The predicted molar refractivity (Wildman–Crippen MR) is 57.7 cm³/mol. The summed E-state index contributed by atoms with van der Waals surface area (Å²) in [6.45, 7) is 4.57. The lowest BCUT2D eigenvalue weighted by Gasteiger charge is -2.20. The molecule has 2 unspecified atom stereocenters. The van der Waals surface area contributed by atoms with Gasteiger partial charge >= 0.3 is 5.97 Å². The minimum atomic E-state index is -0.275. The van der Waals surface area contributed by atoms with Crippen molar-refractivity contribution < 1.29 is 9.53 Å². The van der Waals surface area contributed by atoms with Crippen LogP contribution in [0.25, 0.3) is 0 Å². The molecule has 0 aromatic rings. The molecule has 2 atom stereocenters. The molecule has 2 N–H and O–H groups in total. The highest BCUT2D eigenvalue weighted by Gasteiger charge is 2.38. The second-order valence-electron chi connectivity index (χ2n) is 3.38. The molecule has 1 aliphatic rings. The molecule has 0 aliphatic carbocycles. The molecule has 1 saturated heterocycles. The third-order valence-corrected chi connectivity index (χ3v) is 2.98. The Labute approximate surface area is 89.4 Å². The average Bonchev–Trinajstić information content (AvgIpc) is 2.42. The van der Waals surface area contributed by atoms with Gasteiger partial charge in [0, 0.05) is 6.04 Å². The maximum Gasteiger partial charge on any atom is 0.315 e. The van der Waals surface area contributed by atoms with Gasteiger partial charge < -0.3 is 15.4 Å². The second kappa shape index (κ2) is 4.70. The van der Waals surface area contributed by atoms with E-state index < -0.39 is 0 Å². The molecule has 4 nitrogen and oxygen atoms in total. The van der Waals surface area contributed by atoms with E-state index in [2.05, 4.69) is 0 Å². The number of thiocarbonyl (C=S) groups is 1. The Morgan fingerprint density at radius 3 is 2.86 bits per heavy atom. The molecule has 0 aromatic carbocycles. The molecule has 1 aliphatic heterocycles. The summed E-state index contributed by atoms with van der Waals surface area (Å²) in [5.41, 5.74) is 5.54. The van der Waals surface area contributed by atoms with Crippen molar-refractivity contribution in [3.05, 3.63) is 0 Å². The molecule has 80 valence electrons. The van der Waals surface area contributed by atoms with Crippen LogP contribution in [0.5, 0.6) is 0 Å². The number of hydrogen-bond acceptors (Lipinski definition) is 4. The highest BCUT2D eigenvalue weighted by molar-refractivity contribution is 7.80. The van der Waals surface area contributed by atoms with Crippen molar-refractivity contribution in [2.75, 3.05) is 13.3 Å². The van der Waals surface area contributed by atoms with Gasteiger partial charge in [0.2, 0.25) is 0 Å². The fourth-order valence-corrected chi connectivity index (χ4v) is 2.14. The lowest BCUT2D eigenvalue weighted by Crippen LogP contribution is -2.37. The number of carbonyl (C=O) groups is 1. The molecule has 0 saturated carbocycles. The van der Waals surface area contributed by atoms with Gasteiger partial charge in [-0.1, -0.05) is 12.2 Å². The SMILES string of the molecule is CCOC(=O)C1CC(C)N(CN)C1=S. The van der Waals surface area contributed by atoms with Crippen LogP contribution in [0.1, 0.15) is 20.3 Å². The Morgan fingerprint density at radius 1 is 1.79 bits per heavy atom. The number of carbonyl (C=O) groups excluding carboxylic acids is 1. The van der Waals surface area contributed by atoms with Gasteiger partial charge in [-0.15, -0.1) is 0 Å². The van der Waals surface area contributed by atoms with E-state index in [9.17, 15) is 4.79 Å². The monoisotopic (exact) mass is 216 g/mol. The summed E-state index contributed by atoms with van der Waals surface area (Å²) in [6.07, 6.45) is 0.717. The van der Waals surface area contributed by atoms with Crippen molar-refractivity contribution in [3.8, 4) is 0 Å². The third-order valence-electron chi connectivity index (χ3n) is 2.46. The smallest absolute Gasteiger partial charge is 0.315 e. The summed E-state index contributed by atoms with van der Waals surface area (Å²) in [7, 11) is 0. The number of nitrogens with two attached hydrogens (primary N) is 1. The first-order chi connectivity index (χ1) is 6.61. The van der Waals surface area contributed by atoms with Crippen LogP contribution in [-0.4, -0.2) is 35.2 Å². The van der Waals surface area contributed by atoms with Crippen molar-refractivity contribution >= 4 is 23.2 Å². The molecule has 0 spiro atoms. The lowest BCUT2D eigenvalue weighted by atomic mass is 10.1. The Hall–Kier alpha value is -0.680. The molecular formula is C9H16N2O2S. The number of nitrogens with zero attached hydrogens (tertiary/aromatic N) is 1. The first-order valence-electron chi connectivity index (χ1n) is 4.79. The normalized spacial score (nSPS) is 26.8. The molecule has 14 heavy (non-hydrogen) atoms. The van der Waals surface area contributed by atoms with E-state index >= 15 is 0 Å². The van der Waals surface area contributed by atoms with E-state index in [4.69, 9.17) is 22.7 Å². The standard InChI is InChI=1S/C9H16N2O2S/c1-3-13-9(12)7-4-6(2)11(5-10)8(7)14/h6-7H,3-5,10H2,1-2H3. The van der Waals surface area contributed by atoms with E-state index in [1.54, 1.807) is 6.92 Å². The zero-order chi connectivity index (χ0) is 10.7. The minimum Gasteiger partial charge on any atom is -0.465 e. The van der Waals surface area contributed by atoms with Crippen LogP contribution < -0.4 is 5.73 Å². The summed E-state index contributed by atoms with van der Waals surface area (Å²) < 4.78 is 4.94. The highest BCUT2D eigenvalue weighted by Crippen LogP contribution is 2.25. The van der Waals surface area contributed by atoms with Gasteiger partial charge in [-0.2, -0.15) is 0 Å². The van der Waals surface area contributed by atoms with Gasteiger partial charge in [0.15, 0.2) is 0 Å². The van der Waals surface area contributed by atoms with Gasteiger partial charge in [0.1, 0.15) is 5.92 Å². The second-order valence-corrected chi connectivity index (χ2v) is 3.80. The largest absolute Gasteiger partial charge is 0.465 e. The van der Waals surface area contributed by atoms with E-state index in [1.807, 2.05) is 11.8 Å². The number of esters is 1. The minimum absolute atomic E-state index is 0.222. The first kappa shape index (κ1) is 11.4. The number of ether oxygens (including phenoxy) is 1. The van der Waals surface area contributed by atoms with Crippen LogP contribution in [0.4, 0.5) is 0 Å². The van der Waals surface area contributed by atoms with Gasteiger partial charge in [0.05, 0.1) is 18.3 Å². The third kappa shape index (κ3) is 2.04. The van der Waals surface area contributed by atoms with E-state index in [1.165, 1.54) is 0 Å². The van der Waals surface area contributed by atoms with Crippen LogP contribution in [0.3, 0.4) is 0 Å². The fourth-order valence-electron chi connectivity index (χ4n) is 1.70. The summed E-state index contributed by atoms with van der Waals surface area (Å²) in [5.74, 6) is -0.496. The molecule has 1 rings (SSSR count). The summed E-state index contributed by atoms with van der Waals surface area (Å²) in [6, 6.07) is 0.238. The highest BCUT2D eigenvalue weighted by atomic mass is 32.1. The molecule has 5 heteroatoms. The number of hydrogen-bond donors (Lipinski definition) is 1. The van der Waals surface area contributed by atoms with Gasteiger partial charge in [-0.3, -0.25) is 4.79 Å². The van der Waals surface area contributed by atoms with E-state index in [0.29, 0.717) is 18.3 Å². The molecule has 0 amide bonds. The van der Waals surface area contributed by atoms with Crippen molar-refractivity contribution in [1.29, 1.82) is 0 Å². The first-order valence-corrected chi connectivity index (χ1v) is 5.19. The Bertz CT molecular complexity index is 245. The molecule has 0 aromatic heterocycles. The van der Waals surface area contributed by atoms with E-state index in [-0.39, 0.29) is 17.9 Å². The van der Waals surface area contributed by atoms with Gasteiger partial charge in [-0.05, 0) is 20.3 Å². The van der Waals surface area contributed by atoms with Crippen molar-refractivity contribution in [2.24, 2.45) is 11.7 Å². The van der Waals surface area contributed by atoms with Crippen molar-refractivity contribution in [3.63, 3.8) is 0 Å². The number of likely N-dealkylation sites (tertiary alicyclic amines) is 1. The lowest BCUT2D eigenvalue weighted by molar-refractivity contribution is -0.145. The zero-order valence-corrected chi connectivity index (χ0v) is 9.34. The predicted octanol–water partition coefficient (Wildman–Crippen LogP) is 0.504. The quantitative estimate of drug-likeness (QED) is 0.550. The molecule has 1 fully saturated rings. The zero-order valence-electron chi connectivity index (χ0n) is 8.53. The summed E-state index contributed by atoms with van der Waals surface area (Å²) in [5, 5.41) is 0. The Balaban J connectivity index is 2.66.